The SMILES string of the molecule is Cc1ccc(C(C)Nc2ccc(-c3cnco3)cc2)s1. The second kappa shape index (κ2) is 5.51. The molecule has 0 saturated carbocycles. The Bertz CT molecular complexity index is 671. The van der Waals surface area contributed by atoms with E-state index in [4.69, 9.17) is 4.42 Å². The van der Waals surface area contributed by atoms with Gasteiger partial charge in [-0.05, 0) is 50.2 Å². The number of nitrogens with zero attached hydrogens (tertiary/aromatic N) is 1. The zero-order valence-electron chi connectivity index (χ0n) is 11.5. The van der Waals surface area contributed by atoms with Gasteiger partial charge in [-0.3, -0.25) is 0 Å². The highest BCUT2D eigenvalue weighted by Gasteiger charge is 2.08. The molecule has 0 radical (unpaired) electrons. The molecule has 0 bridgehead atoms. The van der Waals surface area contributed by atoms with E-state index in [1.165, 1.54) is 16.1 Å². The van der Waals surface area contributed by atoms with Crippen LogP contribution in [-0.4, -0.2) is 4.98 Å². The maximum absolute atomic E-state index is 5.28. The van der Waals surface area contributed by atoms with Crippen molar-refractivity contribution in [1.82, 2.24) is 4.98 Å². The normalized spacial score (nSPS) is 12.3. The van der Waals surface area contributed by atoms with E-state index in [1.807, 2.05) is 23.5 Å². The van der Waals surface area contributed by atoms with E-state index in [2.05, 4.69) is 48.4 Å². The van der Waals surface area contributed by atoms with Crippen LogP contribution in [0.5, 0.6) is 0 Å². The predicted molar refractivity (Wildman–Crippen MR) is 83.0 cm³/mol. The van der Waals surface area contributed by atoms with Gasteiger partial charge in [0.1, 0.15) is 0 Å². The average Bonchev–Trinajstić information content (AvgIpc) is 3.10. The van der Waals surface area contributed by atoms with Crippen LogP contribution in [0.2, 0.25) is 0 Å². The third-order valence-corrected chi connectivity index (χ3v) is 4.36. The van der Waals surface area contributed by atoms with Gasteiger partial charge in [-0.1, -0.05) is 0 Å². The molecule has 0 aliphatic rings. The minimum atomic E-state index is 0.310. The molecule has 102 valence electrons. The van der Waals surface area contributed by atoms with Crippen LogP contribution in [0.15, 0.2) is 53.4 Å². The van der Waals surface area contributed by atoms with Crippen LogP contribution < -0.4 is 5.32 Å². The number of hydrogen-bond donors (Lipinski definition) is 1. The number of hydrogen-bond acceptors (Lipinski definition) is 4. The van der Waals surface area contributed by atoms with Gasteiger partial charge >= 0.3 is 0 Å². The standard InChI is InChI=1S/C16H16N2OS/c1-11-3-8-16(20-11)12(2)18-14-6-4-13(5-7-14)15-9-17-10-19-15/h3-10,12,18H,1-2H3. The van der Waals surface area contributed by atoms with Crippen LogP contribution >= 0.6 is 11.3 Å². The molecule has 2 heterocycles. The molecule has 0 saturated heterocycles. The fourth-order valence-electron chi connectivity index (χ4n) is 2.10. The Morgan fingerprint density at radius 3 is 2.55 bits per heavy atom. The fraction of sp³-hybridized carbons (Fsp3) is 0.188. The summed E-state index contributed by atoms with van der Waals surface area (Å²) in [5.74, 6) is 0.790. The van der Waals surface area contributed by atoms with E-state index in [0.29, 0.717) is 6.04 Å². The first-order valence-electron chi connectivity index (χ1n) is 6.54. The Balaban J connectivity index is 1.72. The molecular weight excluding hydrogens is 268 g/mol. The summed E-state index contributed by atoms with van der Waals surface area (Å²) in [6.45, 7) is 4.31. The first-order chi connectivity index (χ1) is 9.72. The molecule has 3 nitrogen and oxygen atoms in total. The average molecular weight is 284 g/mol. The van der Waals surface area contributed by atoms with Crippen molar-refractivity contribution in [3.63, 3.8) is 0 Å². The first-order valence-corrected chi connectivity index (χ1v) is 7.36. The molecule has 1 aromatic carbocycles. The molecule has 0 amide bonds. The van der Waals surface area contributed by atoms with Gasteiger partial charge in [0.2, 0.25) is 0 Å². The summed E-state index contributed by atoms with van der Waals surface area (Å²) in [6.07, 6.45) is 3.17. The van der Waals surface area contributed by atoms with Crippen LogP contribution in [0, 0.1) is 6.92 Å². The molecule has 3 aromatic rings. The van der Waals surface area contributed by atoms with Crippen LogP contribution in [0.25, 0.3) is 11.3 Å². The van der Waals surface area contributed by atoms with Crippen molar-refractivity contribution in [2.24, 2.45) is 0 Å². The largest absolute Gasteiger partial charge is 0.444 e. The van der Waals surface area contributed by atoms with Gasteiger partial charge in [-0.15, -0.1) is 11.3 Å². The molecule has 0 spiro atoms. The quantitative estimate of drug-likeness (QED) is 0.741. The van der Waals surface area contributed by atoms with Crippen LogP contribution in [0.1, 0.15) is 22.7 Å². The molecule has 4 heteroatoms. The summed E-state index contributed by atoms with van der Waals surface area (Å²) in [7, 11) is 0. The lowest BCUT2D eigenvalue weighted by Crippen LogP contribution is -2.04. The number of aromatic nitrogens is 1. The van der Waals surface area contributed by atoms with E-state index in [1.54, 1.807) is 6.20 Å². The molecule has 3 rings (SSSR count). The maximum Gasteiger partial charge on any atom is 0.181 e. The fourth-order valence-corrected chi connectivity index (χ4v) is 2.98. The summed E-state index contributed by atoms with van der Waals surface area (Å²) in [5, 5.41) is 3.51. The predicted octanol–water partition coefficient (Wildman–Crippen LogP) is 4.88. The molecule has 0 fully saturated rings. The van der Waals surface area contributed by atoms with Gasteiger partial charge in [0.25, 0.3) is 0 Å². The highest BCUT2D eigenvalue weighted by molar-refractivity contribution is 7.12. The topological polar surface area (TPSA) is 38.1 Å². The Morgan fingerprint density at radius 2 is 1.95 bits per heavy atom. The number of oxazole rings is 1. The van der Waals surface area contributed by atoms with Gasteiger partial charge < -0.3 is 9.73 Å². The highest BCUT2D eigenvalue weighted by atomic mass is 32.1. The third kappa shape index (κ3) is 2.75. The first kappa shape index (κ1) is 12.9. The number of benzene rings is 1. The van der Waals surface area contributed by atoms with Crippen molar-refractivity contribution in [2.75, 3.05) is 5.32 Å². The lowest BCUT2D eigenvalue weighted by molar-refractivity contribution is 0.572. The number of aryl methyl sites for hydroxylation is 1. The summed E-state index contributed by atoms with van der Waals surface area (Å²) in [5.41, 5.74) is 2.14. The highest BCUT2D eigenvalue weighted by Crippen LogP contribution is 2.27. The molecule has 2 aromatic heterocycles. The van der Waals surface area contributed by atoms with E-state index >= 15 is 0 Å². The second-order valence-electron chi connectivity index (χ2n) is 4.76. The zero-order valence-corrected chi connectivity index (χ0v) is 12.3. The van der Waals surface area contributed by atoms with E-state index in [-0.39, 0.29) is 0 Å². The monoisotopic (exact) mass is 284 g/mol. The van der Waals surface area contributed by atoms with Crippen molar-refractivity contribution in [2.45, 2.75) is 19.9 Å². The Morgan fingerprint density at radius 1 is 1.15 bits per heavy atom. The van der Waals surface area contributed by atoms with Crippen molar-refractivity contribution in [3.8, 4) is 11.3 Å². The Kier molecular flexibility index (Phi) is 3.56. The van der Waals surface area contributed by atoms with Crippen LogP contribution in [-0.2, 0) is 0 Å². The van der Waals surface area contributed by atoms with Crippen LogP contribution in [0.3, 0.4) is 0 Å². The number of nitrogens with one attached hydrogen (secondary N) is 1. The lowest BCUT2D eigenvalue weighted by Gasteiger charge is -2.13. The maximum atomic E-state index is 5.28. The van der Waals surface area contributed by atoms with Crippen molar-refractivity contribution in [3.05, 3.63) is 58.7 Å². The van der Waals surface area contributed by atoms with Crippen molar-refractivity contribution in [1.29, 1.82) is 0 Å². The molecule has 1 N–H and O–H groups in total. The zero-order chi connectivity index (χ0) is 13.9. The van der Waals surface area contributed by atoms with Crippen molar-refractivity contribution >= 4 is 17.0 Å². The van der Waals surface area contributed by atoms with Crippen LogP contribution in [0.4, 0.5) is 5.69 Å². The van der Waals surface area contributed by atoms with Gasteiger partial charge in [0.05, 0.1) is 12.2 Å². The Labute approximate surface area is 122 Å². The smallest absolute Gasteiger partial charge is 0.181 e. The molecular formula is C16H16N2OS. The number of rotatable bonds is 4. The molecule has 20 heavy (non-hydrogen) atoms. The molecule has 0 aliphatic carbocycles. The van der Waals surface area contributed by atoms with E-state index in [0.717, 1.165) is 17.0 Å². The molecule has 1 atom stereocenters. The third-order valence-electron chi connectivity index (χ3n) is 3.17. The minimum Gasteiger partial charge on any atom is -0.444 e. The van der Waals surface area contributed by atoms with Gasteiger partial charge in [0, 0.05) is 21.0 Å². The summed E-state index contributed by atoms with van der Waals surface area (Å²) in [6, 6.07) is 12.9. The number of thiophene rings is 1. The van der Waals surface area contributed by atoms with Crippen molar-refractivity contribution < 1.29 is 4.42 Å². The Hall–Kier alpha value is -2.07. The number of anilines is 1. The van der Waals surface area contributed by atoms with Gasteiger partial charge in [-0.25, -0.2) is 4.98 Å². The van der Waals surface area contributed by atoms with Gasteiger partial charge in [-0.2, -0.15) is 0 Å². The summed E-state index contributed by atoms with van der Waals surface area (Å²) in [4.78, 5) is 6.62. The minimum absolute atomic E-state index is 0.310. The van der Waals surface area contributed by atoms with E-state index < -0.39 is 0 Å². The summed E-state index contributed by atoms with van der Waals surface area (Å²) >= 11 is 1.83. The molecule has 0 aliphatic heterocycles. The summed E-state index contributed by atoms with van der Waals surface area (Å²) < 4.78 is 5.28. The van der Waals surface area contributed by atoms with E-state index in [9.17, 15) is 0 Å². The van der Waals surface area contributed by atoms with Gasteiger partial charge in [0.15, 0.2) is 12.2 Å². The molecule has 1 unspecified atom stereocenters. The second-order valence-corrected chi connectivity index (χ2v) is 6.08. The lowest BCUT2D eigenvalue weighted by atomic mass is 10.1.